The Morgan fingerprint density at radius 1 is 0.893 bits per heavy atom. The molecular weight excluding hydrogens is 358 g/mol. The van der Waals surface area contributed by atoms with Crippen LogP contribution in [0.1, 0.15) is 6.92 Å². The van der Waals surface area contributed by atoms with Crippen LogP contribution >= 0.6 is 0 Å². The number of anilines is 3. The van der Waals surface area contributed by atoms with E-state index in [4.69, 9.17) is 4.74 Å². The SMILES string of the molecule is C[C@@H](Oc1ccc([N+](=O)[O-])cc1)C(=O)Nc1ccc(Nc2ccccc2)cc1. The Morgan fingerprint density at radius 2 is 1.46 bits per heavy atom. The van der Waals surface area contributed by atoms with Crippen LogP contribution in [0.3, 0.4) is 0 Å². The standard InChI is InChI=1S/C21H19N3O4/c1-15(28-20-13-11-19(12-14-20)24(26)27)21(25)23-18-9-7-17(8-10-18)22-16-5-3-2-4-6-16/h2-15,22H,1H3,(H,23,25)/t15-/m1/s1. The number of hydrogen-bond donors (Lipinski definition) is 2. The zero-order chi connectivity index (χ0) is 19.9. The minimum atomic E-state index is -0.761. The largest absolute Gasteiger partial charge is 0.481 e. The van der Waals surface area contributed by atoms with Crippen molar-refractivity contribution in [3.8, 4) is 5.75 Å². The Kier molecular flexibility index (Phi) is 5.86. The number of non-ortho nitro benzene ring substituents is 1. The highest BCUT2D eigenvalue weighted by molar-refractivity contribution is 5.94. The summed E-state index contributed by atoms with van der Waals surface area (Å²) in [5.41, 5.74) is 2.49. The third-order valence-electron chi connectivity index (χ3n) is 3.94. The molecule has 0 bridgehead atoms. The third kappa shape index (κ3) is 5.07. The van der Waals surface area contributed by atoms with Crippen molar-refractivity contribution >= 4 is 28.7 Å². The number of para-hydroxylation sites is 1. The number of nitro benzene ring substituents is 1. The fraction of sp³-hybridized carbons (Fsp3) is 0.0952. The number of ether oxygens (including phenoxy) is 1. The molecule has 2 N–H and O–H groups in total. The van der Waals surface area contributed by atoms with Crippen molar-refractivity contribution in [2.45, 2.75) is 13.0 Å². The maximum Gasteiger partial charge on any atom is 0.269 e. The zero-order valence-corrected chi connectivity index (χ0v) is 15.2. The lowest BCUT2D eigenvalue weighted by Gasteiger charge is -2.15. The quantitative estimate of drug-likeness (QED) is 0.458. The van der Waals surface area contributed by atoms with Gasteiger partial charge in [-0.25, -0.2) is 0 Å². The van der Waals surface area contributed by atoms with E-state index < -0.39 is 11.0 Å². The Morgan fingerprint density at radius 3 is 2.07 bits per heavy atom. The first-order chi connectivity index (χ1) is 13.5. The van der Waals surface area contributed by atoms with E-state index in [0.29, 0.717) is 11.4 Å². The second-order valence-electron chi connectivity index (χ2n) is 6.07. The molecule has 3 aromatic rings. The first-order valence-electron chi connectivity index (χ1n) is 8.65. The number of nitrogens with one attached hydrogen (secondary N) is 2. The topological polar surface area (TPSA) is 93.5 Å². The lowest BCUT2D eigenvalue weighted by atomic mass is 10.2. The Balaban J connectivity index is 1.55. The van der Waals surface area contributed by atoms with Crippen LogP contribution in [0.4, 0.5) is 22.7 Å². The number of nitro groups is 1. The van der Waals surface area contributed by atoms with Gasteiger partial charge in [0, 0.05) is 29.2 Å². The first kappa shape index (κ1) is 18.9. The van der Waals surface area contributed by atoms with E-state index in [-0.39, 0.29) is 11.6 Å². The molecule has 7 heteroatoms. The van der Waals surface area contributed by atoms with Gasteiger partial charge < -0.3 is 15.4 Å². The van der Waals surface area contributed by atoms with Crippen molar-refractivity contribution in [1.82, 2.24) is 0 Å². The first-order valence-corrected chi connectivity index (χ1v) is 8.65. The summed E-state index contributed by atoms with van der Waals surface area (Å²) in [5.74, 6) is 0.0674. The molecule has 0 aromatic heterocycles. The molecule has 0 heterocycles. The van der Waals surface area contributed by atoms with Crippen LogP contribution in [0.2, 0.25) is 0 Å². The van der Waals surface area contributed by atoms with Gasteiger partial charge in [-0.05, 0) is 55.5 Å². The van der Waals surface area contributed by atoms with E-state index in [9.17, 15) is 14.9 Å². The van der Waals surface area contributed by atoms with Gasteiger partial charge in [-0.15, -0.1) is 0 Å². The molecule has 0 fully saturated rings. The van der Waals surface area contributed by atoms with E-state index in [1.54, 1.807) is 19.1 Å². The Labute approximate surface area is 162 Å². The third-order valence-corrected chi connectivity index (χ3v) is 3.94. The minimum absolute atomic E-state index is 0.0337. The van der Waals surface area contributed by atoms with Crippen molar-refractivity contribution in [2.24, 2.45) is 0 Å². The van der Waals surface area contributed by atoms with Crippen LogP contribution in [-0.2, 0) is 4.79 Å². The monoisotopic (exact) mass is 377 g/mol. The second kappa shape index (κ2) is 8.68. The predicted molar refractivity (Wildman–Crippen MR) is 108 cm³/mol. The minimum Gasteiger partial charge on any atom is -0.481 e. The summed E-state index contributed by atoms with van der Waals surface area (Å²) in [6.07, 6.45) is -0.761. The molecule has 0 saturated carbocycles. The summed E-state index contributed by atoms with van der Waals surface area (Å²) in [7, 11) is 0. The van der Waals surface area contributed by atoms with Crippen molar-refractivity contribution in [2.75, 3.05) is 10.6 Å². The highest BCUT2D eigenvalue weighted by Crippen LogP contribution is 2.20. The predicted octanol–water partition coefficient (Wildman–Crippen LogP) is 4.74. The van der Waals surface area contributed by atoms with Crippen molar-refractivity contribution in [3.63, 3.8) is 0 Å². The molecule has 0 aliphatic heterocycles. The van der Waals surface area contributed by atoms with Crippen molar-refractivity contribution in [1.29, 1.82) is 0 Å². The molecule has 1 amide bonds. The van der Waals surface area contributed by atoms with E-state index in [1.165, 1.54) is 24.3 Å². The molecule has 0 spiro atoms. The average molecular weight is 377 g/mol. The highest BCUT2D eigenvalue weighted by atomic mass is 16.6. The average Bonchev–Trinajstić information content (AvgIpc) is 2.70. The van der Waals surface area contributed by atoms with Gasteiger partial charge in [-0.2, -0.15) is 0 Å². The van der Waals surface area contributed by atoms with Gasteiger partial charge in [0.25, 0.3) is 11.6 Å². The molecule has 0 aliphatic rings. The maximum atomic E-state index is 12.3. The fourth-order valence-electron chi connectivity index (χ4n) is 2.47. The summed E-state index contributed by atoms with van der Waals surface area (Å²) in [5, 5.41) is 16.7. The molecular formula is C21H19N3O4. The van der Waals surface area contributed by atoms with Crippen molar-refractivity contribution < 1.29 is 14.5 Å². The van der Waals surface area contributed by atoms with Crippen LogP contribution in [0.5, 0.6) is 5.75 Å². The maximum absolute atomic E-state index is 12.3. The molecule has 28 heavy (non-hydrogen) atoms. The fourth-order valence-corrected chi connectivity index (χ4v) is 2.47. The molecule has 3 aromatic carbocycles. The number of hydrogen-bond acceptors (Lipinski definition) is 5. The number of amides is 1. The highest BCUT2D eigenvalue weighted by Gasteiger charge is 2.15. The van der Waals surface area contributed by atoms with Crippen LogP contribution in [0.15, 0.2) is 78.9 Å². The zero-order valence-electron chi connectivity index (χ0n) is 15.2. The lowest BCUT2D eigenvalue weighted by molar-refractivity contribution is -0.384. The molecule has 7 nitrogen and oxygen atoms in total. The Bertz CT molecular complexity index is 942. The molecule has 1 atom stereocenters. The van der Waals surface area contributed by atoms with Crippen LogP contribution < -0.4 is 15.4 Å². The van der Waals surface area contributed by atoms with Gasteiger partial charge in [0.15, 0.2) is 6.10 Å². The van der Waals surface area contributed by atoms with E-state index in [1.807, 2.05) is 42.5 Å². The molecule has 0 radical (unpaired) electrons. The summed E-state index contributed by atoms with van der Waals surface area (Å²) < 4.78 is 5.54. The molecule has 142 valence electrons. The second-order valence-corrected chi connectivity index (χ2v) is 6.07. The molecule has 0 saturated heterocycles. The van der Waals surface area contributed by atoms with Crippen LogP contribution in [0, 0.1) is 10.1 Å². The molecule has 3 rings (SSSR count). The van der Waals surface area contributed by atoms with Gasteiger partial charge in [0.2, 0.25) is 0 Å². The van der Waals surface area contributed by atoms with Gasteiger partial charge >= 0.3 is 0 Å². The summed E-state index contributed by atoms with van der Waals surface area (Å²) in [6, 6.07) is 22.7. The van der Waals surface area contributed by atoms with E-state index in [2.05, 4.69) is 10.6 Å². The van der Waals surface area contributed by atoms with E-state index in [0.717, 1.165) is 11.4 Å². The normalized spacial score (nSPS) is 11.3. The smallest absolute Gasteiger partial charge is 0.269 e. The van der Waals surface area contributed by atoms with Gasteiger partial charge in [0.05, 0.1) is 4.92 Å². The van der Waals surface area contributed by atoms with Gasteiger partial charge in [-0.1, -0.05) is 18.2 Å². The lowest BCUT2D eigenvalue weighted by Crippen LogP contribution is -2.30. The number of carbonyl (C=O) groups is 1. The summed E-state index contributed by atoms with van der Waals surface area (Å²) in [6.45, 7) is 1.61. The van der Waals surface area contributed by atoms with Crippen LogP contribution in [-0.4, -0.2) is 16.9 Å². The molecule has 0 aliphatic carbocycles. The van der Waals surface area contributed by atoms with Crippen LogP contribution in [0.25, 0.3) is 0 Å². The molecule has 0 unspecified atom stereocenters. The number of carbonyl (C=O) groups excluding carboxylic acids is 1. The van der Waals surface area contributed by atoms with E-state index >= 15 is 0 Å². The Hall–Kier alpha value is -3.87. The number of rotatable bonds is 7. The van der Waals surface area contributed by atoms with Gasteiger partial charge in [0.1, 0.15) is 5.75 Å². The number of nitrogens with zero attached hydrogens (tertiary/aromatic N) is 1. The number of benzene rings is 3. The summed E-state index contributed by atoms with van der Waals surface area (Å²) in [4.78, 5) is 22.5. The van der Waals surface area contributed by atoms with Crippen molar-refractivity contribution in [3.05, 3.63) is 89.0 Å². The van der Waals surface area contributed by atoms with Gasteiger partial charge in [-0.3, -0.25) is 14.9 Å². The summed E-state index contributed by atoms with van der Waals surface area (Å²) >= 11 is 0.